The first kappa shape index (κ1) is 21.4. The molecular formula is C22H28N4O4. The Hall–Kier alpha value is -3.29. The van der Waals surface area contributed by atoms with Crippen molar-refractivity contribution in [2.75, 3.05) is 32.1 Å². The van der Waals surface area contributed by atoms with E-state index in [1.54, 1.807) is 19.2 Å². The van der Waals surface area contributed by atoms with E-state index in [2.05, 4.69) is 20.5 Å². The van der Waals surface area contributed by atoms with Gasteiger partial charge in [-0.3, -0.25) is 14.6 Å². The molecule has 0 aliphatic carbocycles. The topological polar surface area (TPSA) is 96.2 Å². The van der Waals surface area contributed by atoms with Gasteiger partial charge in [-0.1, -0.05) is 12.1 Å². The van der Waals surface area contributed by atoms with Gasteiger partial charge < -0.3 is 24.7 Å². The Morgan fingerprint density at radius 2 is 2.07 bits per heavy atom. The van der Waals surface area contributed by atoms with E-state index >= 15 is 0 Å². The number of piperidine rings is 1. The molecule has 160 valence electrons. The Morgan fingerprint density at radius 3 is 2.73 bits per heavy atom. The molecule has 1 unspecified atom stereocenters. The number of benzene rings is 1. The predicted octanol–water partition coefficient (Wildman–Crippen LogP) is 2.88. The Balaban J connectivity index is 1.52. The highest BCUT2D eigenvalue weighted by Crippen LogP contribution is 2.18. The van der Waals surface area contributed by atoms with E-state index in [1.807, 2.05) is 31.2 Å². The van der Waals surface area contributed by atoms with Gasteiger partial charge in [0, 0.05) is 32.4 Å². The third-order valence-corrected chi connectivity index (χ3v) is 4.96. The van der Waals surface area contributed by atoms with Crippen molar-refractivity contribution in [1.82, 2.24) is 10.2 Å². The van der Waals surface area contributed by atoms with Gasteiger partial charge in [-0.15, -0.1) is 0 Å². The van der Waals surface area contributed by atoms with E-state index in [0.717, 1.165) is 30.9 Å². The minimum absolute atomic E-state index is 0.116. The molecule has 0 radical (unpaired) electrons. The van der Waals surface area contributed by atoms with Crippen molar-refractivity contribution in [2.45, 2.75) is 26.3 Å². The molecular weight excluding hydrogens is 384 g/mol. The first-order chi connectivity index (χ1) is 14.6. The lowest BCUT2D eigenvalue weighted by Crippen LogP contribution is -2.48. The van der Waals surface area contributed by atoms with Gasteiger partial charge in [0.15, 0.2) is 11.7 Å². The fraction of sp³-hybridized carbons (Fsp3) is 0.409. The third kappa shape index (κ3) is 5.62. The van der Waals surface area contributed by atoms with Gasteiger partial charge in [0.2, 0.25) is 0 Å². The summed E-state index contributed by atoms with van der Waals surface area (Å²) in [5.41, 5.74) is 1.74. The SMILES string of the molecule is CCOC(=O)C1CCCN(C(=NC)NCc2ccc(NC(=O)c3ccco3)cc2)C1. The fourth-order valence-electron chi connectivity index (χ4n) is 3.44. The van der Waals surface area contributed by atoms with Crippen molar-refractivity contribution in [2.24, 2.45) is 10.9 Å². The summed E-state index contributed by atoms with van der Waals surface area (Å²) in [6.07, 6.45) is 3.24. The molecule has 2 N–H and O–H groups in total. The lowest BCUT2D eigenvalue weighted by atomic mass is 9.98. The molecule has 1 aliphatic rings. The first-order valence-corrected chi connectivity index (χ1v) is 10.2. The standard InChI is InChI=1S/C22H28N4O4/c1-3-29-21(28)17-6-4-12-26(15-17)22(23-2)24-14-16-8-10-18(11-9-16)25-20(27)19-7-5-13-30-19/h5,7-11,13,17H,3-4,6,12,14-15H2,1-2H3,(H,23,24)(H,25,27). The number of anilines is 1. The number of ether oxygens (including phenoxy) is 1. The maximum atomic E-state index is 12.1. The van der Waals surface area contributed by atoms with Gasteiger partial charge in [0.05, 0.1) is 18.8 Å². The molecule has 1 fully saturated rings. The minimum atomic E-state index is -0.285. The number of carbonyl (C=O) groups is 2. The van der Waals surface area contributed by atoms with Gasteiger partial charge in [-0.05, 0) is 49.6 Å². The van der Waals surface area contributed by atoms with Crippen LogP contribution >= 0.6 is 0 Å². The van der Waals surface area contributed by atoms with E-state index in [4.69, 9.17) is 9.15 Å². The second kappa shape index (κ2) is 10.5. The average Bonchev–Trinajstić information content (AvgIpc) is 3.31. The van der Waals surface area contributed by atoms with Gasteiger partial charge in [0.1, 0.15) is 0 Å². The van der Waals surface area contributed by atoms with Crippen LogP contribution in [0.1, 0.15) is 35.9 Å². The van der Waals surface area contributed by atoms with Crippen LogP contribution in [0.25, 0.3) is 0 Å². The summed E-state index contributed by atoms with van der Waals surface area (Å²) in [4.78, 5) is 30.6. The molecule has 2 aromatic rings. The van der Waals surface area contributed by atoms with Crippen molar-refractivity contribution in [3.8, 4) is 0 Å². The van der Waals surface area contributed by atoms with Crippen LogP contribution in [0.2, 0.25) is 0 Å². The summed E-state index contributed by atoms with van der Waals surface area (Å²) in [6, 6.07) is 10.9. The van der Waals surface area contributed by atoms with Crippen LogP contribution in [0.4, 0.5) is 5.69 Å². The highest BCUT2D eigenvalue weighted by Gasteiger charge is 2.28. The number of aliphatic imine (C=N–C) groups is 1. The number of amides is 1. The van der Waals surface area contributed by atoms with E-state index < -0.39 is 0 Å². The van der Waals surface area contributed by atoms with Crippen LogP contribution in [0, 0.1) is 5.92 Å². The zero-order chi connectivity index (χ0) is 21.3. The van der Waals surface area contributed by atoms with Crippen molar-refractivity contribution in [3.63, 3.8) is 0 Å². The lowest BCUT2D eigenvalue weighted by molar-refractivity contribution is -0.149. The normalized spacial score (nSPS) is 16.8. The van der Waals surface area contributed by atoms with E-state index in [-0.39, 0.29) is 23.6 Å². The quantitative estimate of drug-likeness (QED) is 0.430. The molecule has 1 aromatic carbocycles. The summed E-state index contributed by atoms with van der Waals surface area (Å²) in [5, 5.41) is 6.15. The van der Waals surface area contributed by atoms with Gasteiger partial charge in [-0.2, -0.15) is 0 Å². The second-order valence-corrected chi connectivity index (χ2v) is 7.07. The number of hydrogen-bond donors (Lipinski definition) is 2. The number of carbonyl (C=O) groups excluding carboxylic acids is 2. The maximum Gasteiger partial charge on any atom is 0.310 e. The molecule has 2 heterocycles. The molecule has 0 bridgehead atoms. The van der Waals surface area contributed by atoms with Gasteiger partial charge >= 0.3 is 5.97 Å². The summed E-state index contributed by atoms with van der Waals surface area (Å²) >= 11 is 0. The van der Waals surface area contributed by atoms with Crippen LogP contribution in [0.3, 0.4) is 0 Å². The molecule has 8 nitrogen and oxygen atoms in total. The number of furan rings is 1. The summed E-state index contributed by atoms with van der Waals surface area (Å²) in [6.45, 7) is 4.27. The van der Waals surface area contributed by atoms with Crippen molar-refractivity contribution in [1.29, 1.82) is 0 Å². The number of guanidine groups is 1. The molecule has 1 aliphatic heterocycles. The molecule has 1 aromatic heterocycles. The third-order valence-electron chi connectivity index (χ3n) is 4.96. The highest BCUT2D eigenvalue weighted by atomic mass is 16.5. The number of hydrogen-bond acceptors (Lipinski definition) is 5. The molecule has 1 atom stereocenters. The molecule has 30 heavy (non-hydrogen) atoms. The van der Waals surface area contributed by atoms with Crippen molar-refractivity contribution < 1.29 is 18.7 Å². The molecule has 3 rings (SSSR count). The first-order valence-electron chi connectivity index (χ1n) is 10.2. The van der Waals surface area contributed by atoms with E-state index in [0.29, 0.717) is 25.4 Å². The second-order valence-electron chi connectivity index (χ2n) is 7.07. The van der Waals surface area contributed by atoms with Gasteiger partial charge in [0.25, 0.3) is 5.91 Å². The zero-order valence-corrected chi connectivity index (χ0v) is 17.4. The number of nitrogens with one attached hydrogen (secondary N) is 2. The van der Waals surface area contributed by atoms with Crippen molar-refractivity contribution in [3.05, 3.63) is 54.0 Å². The number of likely N-dealkylation sites (tertiary alicyclic amines) is 1. The van der Waals surface area contributed by atoms with Crippen LogP contribution < -0.4 is 10.6 Å². The highest BCUT2D eigenvalue weighted by molar-refractivity contribution is 6.02. The van der Waals surface area contributed by atoms with Crippen LogP contribution in [0.5, 0.6) is 0 Å². The Morgan fingerprint density at radius 1 is 1.27 bits per heavy atom. The maximum absolute atomic E-state index is 12.1. The van der Waals surface area contributed by atoms with Crippen LogP contribution in [-0.2, 0) is 16.1 Å². The number of rotatable bonds is 6. The molecule has 1 amide bonds. The Bertz CT molecular complexity index is 862. The Kier molecular flexibility index (Phi) is 7.48. The lowest BCUT2D eigenvalue weighted by Gasteiger charge is -2.34. The van der Waals surface area contributed by atoms with E-state index in [1.165, 1.54) is 6.26 Å². The van der Waals surface area contributed by atoms with Crippen LogP contribution in [0.15, 0.2) is 52.1 Å². The fourth-order valence-corrected chi connectivity index (χ4v) is 3.44. The van der Waals surface area contributed by atoms with Crippen molar-refractivity contribution >= 4 is 23.5 Å². The Labute approximate surface area is 176 Å². The summed E-state index contributed by atoms with van der Waals surface area (Å²) < 4.78 is 10.3. The molecule has 0 saturated carbocycles. The largest absolute Gasteiger partial charge is 0.466 e. The molecule has 0 spiro atoms. The van der Waals surface area contributed by atoms with Gasteiger partial charge in [-0.25, -0.2) is 0 Å². The smallest absolute Gasteiger partial charge is 0.310 e. The predicted molar refractivity (Wildman–Crippen MR) is 114 cm³/mol. The average molecular weight is 412 g/mol. The molecule has 1 saturated heterocycles. The number of esters is 1. The zero-order valence-electron chi connectivity index (χ0n) is 17.4. The number of nitrogens with zero attached hydrogens (tertiary/aromatic N) is 2. The molecule has 8 heteroatoms. The summed E-state index contributed by atoms with van der Waals surface area (Å²) in [5.74, 6) is 0.498. The monoisotopic (exact) mass is 412 g/mol. The van der Waals surface area contributed by atoms with Crippen LogP contribution in [-0.4, -0.2) is 49.5 Å². The van der Waals surface area contributed by atoms with E-state index in [9.17, 15) is 9.59 Å². The summed E-state index contributed by atoms with van der Waals surface area (Å²) in [7, 11) is 1.74. The minimum Gasteiger partial charge on any atom is -0.466 e.